The normalized spacial score (nSPS) is 14.3. The number of hydrogen-bond donors (Lipinski definition) is 0. The molecule has 0 saturated heterocycles. The molecule has 0 N–H and O–H groups in total. The van der Waals surface area contributed by atoms with E-state index in [-0.39, 0.29) is 34.4 Å². The van der Waals surface area contributed by atoms with Gasteiger partial charge in [0.25, 0.3) is 0 Å². The molecular weight excluding hydrogens is 504 g/mol. The number of allylic oxidation sites excluding steroid dienone is 4. The lowest BCUT2D eigenvalue weighted by Gasteiger charge is -2.19. The monoisotopic (exact) mass is 524 g/mol. The van der Waals surface area contributed by atoms with Gasteiger partial charge in [0, 0.05) is 5.92 Å². The van der Waals surface area contributed by atoms with Crippen LogP contribution < -0.4 is 17.1 Å². The fraction of sp³-hybridized carbons (Fsp3) is 0.185. The molecule has 12 nitrogen and oxygen atoms in total. The summed E-state index contributed by atoms with van der Waals surface area (Å²) in [6.07, 6.45) is 7.70. The van der Waals surface area contributed by atoms with E-state index in [0.29, 0.717) is 23.2 Å². The summed E-state index contributed by atoms with van der Waals surface area (Å²) < 4.78 is 2.28. The van der Waals surface area contributed by atoms with Gasteiger partial charge in [0.1, 0.15) is 0 Å². The molecule has 3 aromatic rings. The molecule has 194 valence electrons. The molecule has 1 unspecified atom stereocenters. The van der Waals surface area contributed by atoms with Crippen LogP contribution in [0.25, 0.3) is 17.1 Å². The lowest BCUT2D eigenvalue weighted by molar-refractivity contribution is 0.561. The summed E-state index contributed by atoms with van der Waals surface area (Å²) in [4.78, 5) is 85.0. The quantitative estimate of drug-likeness (QED) is 0.357. The second-order valence-corrected chi connectivity index (χ2v) is 8.74. The number of rotatable bonds is 6. The molecule has 1 aliphatic rings. The van der Waals surface area contributed by atoms with Crippen LogP contribution in [0.15, 0.2) is 83.6 Å². The molecule has 1 heterocycles. The Hall–Kier alpha value is -5.53. The van der Waals surface area contributed by atoms with E-state index in [1.54, 1.807) is 32.1 Å². The van der Waals surface area contributed by atoms with Gasteiger partial charge >= 0.3 is 17.1 Å². The molecule has 1 aromatic heterocycles. The minimum atomic E-state index is -1.02. The summed E-state index contributed by atoms with van der Waals surface area (Å²) in [5.74, 6) is -0.180. The second-order valence-electron chi connectivity index (χ2n) is 8.74. The number of benzene rings is 2. The maximum atomic E-state index is 13.8. The fourth-order valence-electron chi connectivity index (χ4n) is 4.14. The van der Waals surface area contributed by atoms with Gasteiger partial charge in [-0.25, -0.2) is 42.5 Å². The molecule has 0 bridgehead atoms. The van der Waals surface area contributed by atoms with Crippen molar-refractivity contribution in [2.45, 2.75) is 27.2 Å². The molecule has 1 atom stereocenters. The summed E-state index contributed by atoms with van der Waals surface area (Å²) in [6.45, 7) is 5.17. The minimum Gasteiger partial charge on any atom is -0.246 e. The predicted octanol–water partition coefficient (Wildman–Crippen LogP) is 2.80. The summed E-state index contributed by atoms with van der Waals surface area (Å²) in [7, 11) is 0. The molecule has 39 heavy (non-hydrogen) atoms. The van der Waals surface area contributed by atoms with Crippen LogP contribution in [0.5, 0.6) is 0 Å². The van der Waals surface area contributed by atoms with Gasteiger partial charge in [0.15, 0.2) is 0 Å². The van der Waals surface area contributed by atoms with E-state index in [1.165, 1.54) is 48.6 Å². The number of aromatic nitrogens is 3. The van der Waals surface area contributed by atoms with Crippen molar-refractivity contribution in [3.63, 3.8) is 0 Å². The molecular formula is C27H20N6O6. The summed E-state index contributed by atoms with van der Waals surface area (Å²) in [5.41, 5.74) is -1.05. The number of isocyanates is 3. The van der Waals surface area contributed by atoms with Crippen molar-refractivity contribution in [1.29, 1.82) is 0 Å². The zero-order valence-electron chi connectivity index (χ0n) is 21.0. The lowest BCUT2D eigenvalue weighted by Crippen LogP contribution is -2.53. The molecule has 0 spiro atoms. The first-order valence-corrected chi connectivity index (χ1v) is 11.6. The molecule has 0 fully saturated rings. The third-order valence-electron chi connectivity index (χ3n) is 6.30. The van der Waals surface area contributed by atoms with E-state index in [4.69, 9.17) is 0 Å². The highest BCUT2D eigenvalue weighted by molar-refractivity contribution is 5.62. The SMILES string of the molecule is Cc1ccc(-n2c(=O)n(C3=CCC(C)C(N=C=O)=C3)c(=O)n(-c3ccc(C)c(N=C=O)c3)c2=O)cc1N=C=O. The van der Waals surface area contributed by atoms with Crippen LogP contribution in [0, 0.1) is 19.8 Å². The topological polar surface area (TPSA) is 154 Å². The van der Waals surface area contributed by atoms with E-state index in [1.807, 2.05) is 6.92 Å². The molecule has 2 aromatic carbocycles. The Morgan fingerprint density at radius 1 is 0.718 bits per heavy atom. The van der Waals surface area contributed by atoms with Crippen LogP contribution in [-0.2, 0) is 14.4 Å². The highest BCUT2D eigenvalue weighted by Crippen LogP contribution is 2.26. The van der Waals surface area contributed by atoms with Crippen molar-refractivity contribution in [3.8, 4) is 11.4 Å². The van der Waals surface area contributed by atoms with Gasteiger partial charge in [-0.15, -0.1) is 0 Å². The predicted molar refractivity (Wildman–Crippen MR) is 141 cm³/mol. The zero-order chi connectivity index (χ0) is 28.3. The summed E-state index contributed by atoms with van der Waals surface area (Å²) >= 11 is 0. The molecule has 0 radical (unpaired) electrons. The maximum Gasteiger partial charge on any atom is 0.345 e. The van der Waals surface area contributed by atoms with Gasteiger partial charge in [-0.3, -0.25) is 0 Å². The van der Waals surface area contributed by atoms with Crippen molar-refractivity contribution in [2.75, 3.05) is 0 Å². The first kappa shape index (κ1) is 26.5. The summed E-state index contributed by atoms with van der Waals surface area (Å²) in [5, 5.41) is 0. The fourth-order valence-corrected chi connectivity index (χ4v) is 4.14. The Bertz CT molecular complexity index is 1800. The Balaban J connectivity index is 2.15. The number of hydrogen-bond acceptors (Lipinski definition) is 9. The van der Waals surface area contributed by atoms with Gasteiger partial charge in [0.05, 0.1) is 34.1 Å². The summed E-state index contributed by atoms with van der Waals surface area (Å²) in [6, 6.07) is 8.72. The van der Waals surface area contributed by atoms with E-state index in [9.17, 15) is 28.8 Å². The first-order chi connectivity index (χ1) is 18.7. The first-order valence-electron chi connectivity index (χ1n) is 11.6. The third-order valence-corrected chi connectivity index (χ3v) is 6.30. The van der Waals surface area contributed by atoms with Crippen LogP contribution in [0.2, 0.25) is 0 Å². The van der Waals surface area contributed by atoms with Gasteiger partial charge in [-0.1, -0.05) is 25.1 Å². The molecule has 0 aliphatic heterocycles. The third kappa shape index (κ3) is 4.90. The molecule has 0 amide bonds. The Kier molecular flexibility index (Phi) is 7.37. The Labute approximate surface area is 219 Å². The Morgan fingerprint density at radius 2 is 1.18 bits per heavy atom. The van der Waals surface area contributed by atoms with Crippen molar-refractivity contribution in [3.05, 3.63) is 96.8 Å². The smallest absolute Gasteiger partial charge is 0.246 e. The number of nitrogens with zero attached hydrogens (tertiary/aromatic N) is 6. The van der Waals surface area contributed by atoms with E-state index in [2.05, 4.69) is 15.0 Å². The highest BCUT2D eigenvalue weighted by Gasteiger charge is 2.23. The molecule has 1 aliphatic carbocycles. The van der Waals surface area contributed by atoms with Gasteiger partial charge in [-0.2, -0.15) is 15.0 Å². The van der Waals surface area contributed by atoms with Crippen LogP contribution in [-0.4, -0.2) is 31.9 Å². The van der Waals surface area contributed by atoms with Crippen LogP contribution in [0.4, 0.5) is 11.4 Å². The molecule has 4 rings (SSSR count). The highest BCUT2D eigenvalue weighted by atomic mass is 16.2. The van der Waals surface area contributed by atoms with E-state index in [0.717, 1.165) is 13.7 Å². The largest absolute Gasteiger partial charge is 0.345 e. The van der Waals surface area contributed by atoms with Gasteiger partial charge < -0.3 is 0 Å². The average molecular weight is 524 g/mol. The van der Waals surface area contributed by atoms with Crippen LogP contribution >= 0.6 is 0 Å². The number of aliphatic imine (C=N–C) groups is 3. The number of carbonyl (C=O) groups excluding carboxylic acids is 3. The second kappa shape index (κ2) is 10.8. The zero-order valence-corrected chi connectivity index (χ0v) is 21.0. The van der Waals surface area contributed by atoms with Crippen molar-refractivity contribution >= 4 is 35.3 Å². The standard InChI is InChI=1S/C27H20N6O6/c1-16-4-7-19(10-22(16)28-13-34)31-25(37)32(20-8-5-17(2)23(11-20)29-14-35)27(39)33(26(31)38)21-9-6-18(3)24(12-21)30-15-36/h4-5,7-12,18H,6H2,1-3H3. The van der Waals surface area contributed by atoms with Crippen molar-refractivity contribution in [2.24, 2.45) is 20.9 Å². The molecule has 0 saturated carbocycles. The minimum absolute atomic E-state index is 0.0326. The van der Waals surface area contributed by atoms with Gasteiger partial charge in [-0.05, 0) is 61.7 Å². The maximum absolute atomic E-state index is 13.8. The van der Waals surface area contributed by atoms with Crippen LogP contribution in [0.1, 0.15) is 24.5 Å². The lowest BCUT2D eigenvalue weighted by atomic mass is 9.98. The van der Waals surface area contributed by atoms with Crippen molar-refractivity contribution < 1.29 is 14.4 Å². The van der Waals surface area contributed by atoms with Crippen LogP contribution in [0.3, 0.4) is 0 Å². The van der Waals surface area contributed by atoms with Gasteiger partial charge in [0.2, 0.25) is 18.2 Å². The Morgan fingerprint density at radius 3 is 1.64 bits per heavy atom. The van der Waals surface area contributed by atoms with Crippen molar-refractivity contribution in [1.82, 2.24) is 13.7 Å². The average Bonchev–Trinajstić information content (AvgIpc) is 2.90. The molecule has 12 heteroatoms. The van der Waals surface area contributed by atoms with E-state index >= 15 is 0 Å². The number of aryl methyl sites for hydroxylation is 2. The van der Waals surface area contributed by atoms with E-state index < -0.39 is 17.1 Å².